The molecule has 3 rings (SSSR count). The third kappa shape index (κ3) is 6.54. The molecule has 0 heterocycles. The van der Waals surface area contributed by atoms with Crippen LogP contribution >= 0.6 is 0 Å². The molecule has 1 N–H and O–H groups in total. The summed E-state index contributed by atoms with van der Waals surface area (Å²) in [7, 11) is 1.52. The van der Waals surface area contributed by atoms with Crippen LogP contribution < -0.4 is 19.6 Å². The van der Waals surface area contributed by atoms with Crippen LogP contribution in [-0.4, -0.2) is 30.8 Å². The van der Waals surface area contributed by atoms with Crippen molar-refractivity contribution in [2.75, 3.05) is 13.7 Å². The minimum absolute atomic E-state index is 0.0228. The maximum atomic E-state index is 12.2. The van der Waals surface area contributed by atoms with E-state index in [1.165, 1.54) is 25.5 Å². The fraction of sp³-hybridized carbons (Fsp3) is 0.167. The lowest BCUT2D eigenvalue weighted by molar-refractivity contribution is -0.384. The Labute approximate surface area is 190 Å². The average molecular weight is 449 g/mol. The smallest absolute Gasteiger partial charge is 0.271 e. The van der Waals surface area contributed by atoms with Crippen molar-refractivity contribution in [3.63, 3.8) is 0 Å². The first-order valence-corrected chi connectivity index (χ1v) is 10.1. The lowest BCUT2D eigenvalue weighted by Gasteiger charge is -2.11. The van der Waals surface area contributed by atoms with Gasteiger partial charge in [0.25, 0.3) is 11.6 Å². The fourth-order valence-electron chi connectivity index (χ4n) is 2.86. The minimum atomic E-state index is -0.450. The highest BCUT2D eigenvalue weighted by atomic mass is 16.6. The molecule has 33 heavy (non-hydrogen) atoms. The van der Waals surface area contributed by atoms with Gasteiger partial charge in [0.05, 0.1) is 24.9 Å². The van der Waals surface area contributed by atoms with Gasteiger partial charge in [0.1, 0.15) is 12.4 Å². The molecule has 0 fully saturated rings. The van der Waals surface area contributed by atoms with E-state index in [0.717, 1.165) is 5.56 Å². The van der Waals surface area contributed by atoms with Crippen molar-refractivity contribution in [2.24, 2.45) is 5.10 Å². The number of hydrogen-bond acceptors (Lipinski definition) is 7. The van der Waals surface area contributed by atoms with Crippen LogP contribution in [0.5, 0.6) is 17.2 Å². The highest BCUT2D eigenvalue weighted by Crippen LogP contribution is 2.28. The molecule has 0 aliphatic carbocycles. The number of non-ortho nitro benzene ring substituents is 1. The predicted octanol–water partition coefficient (Wildman–Crippen LogP) is 4.35. The van der Waals surface area contributed by atoms with E-state index in [9.17, 15) is 14.9 Å². The first-order valence-electron chi connectivity index (χ1n) is 10.1. The Hall–Kier alpha value is -4.40. The van der Waals surface area contributed by atoms with E-state index in [0.29, 0.717) is 35.0 Å². The van der Waals surface area contributed by atoms with Crippen LogP contribution in [0.1, 0.15) is 28.4 Å². The van der Waals surface area contributed by atoms with Crippen LogP contribution in [0.2, 0.25) is 0 Å². The van der Waals surface area contributed by atoms with Gasteiger partial charge in [-0.05, 0) is 72.6 Å². The number of nitrogens with zero attached hydrogens (tertiary/aromatic N) is 2. The Balaban J connectivity index is 1.58. The van der Waals surface area contributed by atoms with Gasteiger partial charge >= 0.3 is 0 Å². The molecule has 9 heteroatoms. The van der Waals surface area contributed by atoms with Gasteiger partial charge in [-0.15, -0.1) is 0 Å². The highest BCUT2D eigenvalue weighted by molar-refractivity contribution is 5.95. The molecule has 3 aromatic carbocycles. The van der Waals surface area contributed by atoms with Gasteiger partial charge in [-0.2, -0.15) is 5.10 Å². The zero-order chi connectivity index (χ0) is 23.6. The first kappa shape index (κ1) is 23.3. The molecule has 0 aromatic heterocycles. The van der Waals surface area contributed by atoms with E-state index in [-0.39, 0.29) is 18.2 Å². The molecule has 0 aliphatic rings. The van der Waals surface area contributed by atoms with Crippen molar-refractivity contribution in [3.05, 3.63) is 93.5 Å². The van der Waals surface area contributed by atoms with Gasteiger partial charge in [-0.3, -0.25) is 14.9 Å². The molecular weight excluding hydrogens is 426 g/mol. The van der Waals surface area contributed by atoms with Gasteiger partial charge in [0.15, 0.2) is 11.5 Å². The summed E-state index contributed by atoms with van der Waals surface area (Å²) in [4.78, 5) is 22.5. The van der Waals surface area contributed by atoms with E-state index in [1.54, 1.807) is 54.6 Å². The number of nitro groups is 1. The fourth-order valence-corrected chi connectivity index (χ4v) is 2.86. The number of hydrogen-bond donors (Lipinski definition) is 1. The number of nitro benzene ring substituents is 1. The van der Waals surface area contributed by atoms with Crippen LogP contribution in [-0.2, 0) is 6.61 Å². The molecule has 0 spiro atoms. The number of rotatable bonds is 10. The summed E-state index contributed by atoms with van der Waals surface area (Å²) in [5, 5.41) is 14.7. The third-order valence-corrected chi connectivity index (χ3v) is 4.54. The highest BCUT2D eigenvalue weighted by Gasteiger charge is 2.08. The van der Waals surface area contributed by atoms with Gasteiger partial charge in [-0.25, -0.2) is 5.43 Å². The topological polar surface area (TPSA) is 112 Å². The van der Waals surface area contributed by atoms with E-state index < -0.39 is 4.92 Å². The maximum Gasteiger partial charge on any atom is 0.271 e. The summed E-state index contributed by atoms with van der Waals surface area (Å²) in [6.45, 7) is 2.67. The molecule has 0 saturated carbocycles. The first-order chi connectivity index (χ1) is 16.0. The van der Waals surface area contributed by atoms with E-state index in [4.69, 9.17) is 14.2 Å². The number of carbonyl (C=O) groups excluding carboxylic acids is 1. The van der Waals surface area contributed by atoms with Crippen LogP contribution in [0.3, 0.4) is 0 Å². The molecule has 0 aliphatic heterocycles. The zero-order valence-corrected chi connectivity index (χ0v) is 18.2. The zero-order valence-electron chi connectivity index (χ0n) is 18.2. The molecule has 170 valence electrons. The van der Waals surface area contributed by atoms with Crippen LogP contribution in [0, 0.1) is 10.1 Å². The number of carbonyl (C=O) groups is 1. The van der Waals surface area contributed by atoms with Crippen molar-refractivity contribution in [2.45, 2.75) is 13.5 Å². The summed E-state index contributed by atoms with van der Waals surface area (Å²) in [6, 6.07) is 18.1. The molecule has 3 aromatic rings. The van der Waals surface area contributed by atoms with Gasteiger partial charge in [0, 0.05) is 17.7 Å². The molecule has 0 bridgehead atoms. The minimum Gasteiger partial charge on any atom is -0.494 e. The molecule has 0 unspecified atom stereocenters. The molecule has 0 saturated heterocycles. The summed E-state index contributed by atoms with van der Waals surface area (Å²) in [5.74, 6) is 1.34. The Morgan fingerprint density at radius 3 is 2.39 bits per heavy atom. The van der Waals surface area contributed by atoms with Crippen molar-refractivity contribution >= 4 is 17.8 Å². The Morgan fingerprint density at radius 2 is 1.76 bits per heavy atom. The molecule has 9 nitrogen and oxygen atoms in total. The monoisotopic (exact) mass is 449 g/mol. The van der Waals surface area contributed by atoms with Crippen molar-refractivity contribution in [3.8, 4) is 17.2 Å². The molecular formula is C24H23N3O6. The van der Waals surface area contributed by atoms with Crippen LogP contribution in [0.4, 0.5) is 5.69 Å². The van der Waals surface area contributed by atoms with Crippen molar-refractivity contribution in [1.82, 2.24) is 5.43 Å². The van der Waals surface area contributed by atoms with Gasteiger partial charge in [0.2, 0.25) is 0 Å². The maximum absolute atomic E-state index is 12.2. The standard InChI is InChI=1S/C24H23N3O6/c1-3-32-21-11-7-19(8-12-21)24(28)26-25-15-18-6-13-22(23(14-18)31-2)33-16-17-4-9-20(10-5-17)27(29)30/h4-15H,3,16H2,1-2H3,(H,26,28)/b25-15+. The molecule has 1 amide bonds. The van der Waals surface area contributed by atoms with E-state index in [2.05, 4.69) is 10.5 Å². The third-order valence-electron chi connectivity index (χ3n) is 4.54. The normalized spacial score (nSPS) is 10.6. The van der Waals surface area contributed by atoms with E-state index >= 15 is 0 Å². The lowest BCUT2D eigenvalue weighted by atomic mass is 10.2. The largest absolute Gasteiger partial charge is 0.494 e. The van der Waals surface area contributed by atoms with Crippen LogP contribution in [0.25, 0.3) is 0 Å². The molecule has 0 radical (unpaired) electrons. The number of nitrogens with one attached hydrogen (secondary N) is 1. The number of methoxy groups -OCH3 is 1. The van der Waals surface area contributed by atoms with Gasteiger partial charge < -0.3 is 14.2 Å². The number of ether oxygens (including phenoxy) is 3. The average Bonchev–Trinajstić information content (AvgIpc) is 2.84. The predicted molar refractivity (Wildman–Crippen MR) is 123 cm³/mol. The number of hydrazone groups is 1. The van der Waals surface area contributed by atoms with Crippen molar-refractivity contribution in [1.29, 1.82) is 0 Å². The second-order valence-corrected chi connectivity index (χ2v) is 6.78. The number of amides is 1. The number of benzene rings is 3. The van der Waals surface area contributed by atoms with E-state index in [1.807, 2.05) is 6.92 Å². The second-order valence-electron chi connectivity index (χ2n) is 6.78. The summed E-state index contributed by atoms with van der Waals surface area (Å²) >= 11 is 0. The van der Waals surface area contributed by atoms with Crippen molar-refractivity contribution < 1.29 is 23.9 Å². The second kappa shape index (κ2) is 11.3. The summed E-state index contributed by atoms with van der Waals surface area (Å²) in [5.41, 5.74) is 4.44. The van der Waals surface area contributed by atoms with Gasteiger partial charge in [-0.1, -0.05) is 0 Å². The Bertz CT molecular complexity index is 1130. The SMILES string of the molecule is CCOc1ccc(C(=O)N/N=C/c2ccc(OCc3ccc([N+](=O)[O-])cc3)c(OC)c2)cc1. The Kier molecular flexibility index (Phi) is 7.96. The summed E-state index contributed by atoms with van der Waals surface area (Å²) in [6.07, 6.45) is 1.50. The molecule has 0 atom stereocenters. The summed E-state index contributed by atoms with van der Waals surface area (Å²) < 4.78 is 16.5. The Morgan fingerprint density at radius 1 is 1.03 bits per heavy atom. The van der Waals surface area contributed by atoms with Crippen LogP contribution in [0.15, 0.2) is 71.8 Å². The lowest BCUT2D eigenvalue weighted by Crippen LogP contribution is -2.17. The quantitative estimate of drug-likeness (QED) is 0.280.